The normalized spacial score (nSPS) is 11.4. The molecule has 0 heterocycles. The predicted octanol–water partition coefficient (Wildman–Crippen LogP) is 4.45. The molecule has 0 aliphatic heterocycles. The van der Waals surface area contributed by atoms with Gasteiger partial charge >= 0.3 is 6.61 Å². The molecule has 13 heteroatoms. The number of rotatable bonds is 10. The van der Waals surface area contributed by atoms with Crippen LogP contribution >= 0.6 is 0 Å². The highest BCUT2D eigenvalue weighted by atomic mass is 32.2. The number of hydrogen-bond acceptors (Lipinski definition) is 8. The zero-order valence-electron chi connectivity index (χ0n) is 17.5. The summed E-state index contributed by atoms with van der Waals surface area (Å²) in [7, 11) is -2.67. The number of benzene rings is 3. The van der Waals surface area contributed by atoms with E-state index >= 15 is 0 Å². The SMILES string of the molecule is COc1ccc(NS(=O)(=O)c2ccc(N/N=C/c3ccccc3OC(F)F)c([N+](=O)[O-])c2)cc1. The molecule has 0 bridgehead atoms. The molecular weight excluding hydrogens is 474 g/mol. The number of halogens is 2. The van der Waals surface area contributed by atoms with E-state index in [4.69, 9.17) is 4.74 Å². The summed E-state index contributed by atoms with van der Waals surface area (Å²) in [6.07, 6.45) is 1.14. The van der Waals surface area contributed by atoms with Crippen molar-refractivity contribution in [3.05, 3.63) is 82.4 Å². The third kappa shape index (κ3) is 6.16. The van der Waals surface area contributed by atoms with Crippen LogP contribution in [0.15, 0.2) is 76.7 Å². The Hall–Kier alpha value is -4.26. The number of alkyl halides is 2. The van der Waals surface area contributed by atoms with Gasteiger partial charge in [-0.15, -0.1) is 0 Å². The first-order valence-electron chi connectivity index (χ1n) is 9.48. The number of methoxy groups -OCH3 is 1. The lowest BCUT2D eigenvalue weighted by molar-refractivity contribution is -0.384. The first-order chi connectivity index (χ1) is 16.2. The van der Waals surface area contributed by atoms with Crippen LogP contribution in [0.1, 0.15) is 5.56 Å². The fraction of sp³-hybridized carbons (Fsp3) is 0.0952. The molecule has 3 aromatic carbocycles. The Morgan fingerprint density at radius 1 is 1.09 bits per heavy atom. The van der Waals surface area contributed by atoms with E-state index in [2.05, 4.69) is 20.0 Å². The van der Waals surface area contributed by atoms with Crippen molar-refractivity contribution in [3.8, 4) is 11.5 Å². The van der Waals surface area contributed by atoms with Crippen LogP contribution in [0.3, 0.4) is 0 Å². The van der Waals surface area contributed by atoms with Crippen LogP contribution < -0.4 is 19.6 Å². The molecule has 10 nitrogen and oxygen atoms in total. The van der Waals surface area contributed by atoms with Crippen molar-refractivity contribution in [3.63, 3.8) is 0 Å². The van der Waals surface area contributed by atoms with Crippen LogP contribution in [0.2, 0.25) is 0 Å². The third-order valence-electron chi connectivity index (χ3n) is 4.34. The largest absolute Gasteiger partial charge is 0.497 e. The Kier molecular flexibility index (Phi) is 7.58. The molecule has 2 N–H and O–H groups in total. The molecule has 34 heavy (non-hydrogen) atoms. The number of nitro benzene ring substituents is 1. The molecule has 0 atom stereocenters. The molecule has 3 rings (SSSR count). The molecule has 0 aliphatic carbocycles. The van der Waals surface area contributed by atoms with E-state index in [9.17, 15) is 27.3 Å². The van der Waals surface area contributed by atoms with Crippen molar-refractivity contribution in [1.82, 2.24) is 0 Å². The minimum absolute atomic E-state index is 0.114. The molecule has 0 saturated carbocycles. The van der Waals surface area contributed by atoms with Gasteiger partial charge in [0, 0.05) is 17.3 Å². The Labute approximate surface area is 193 Å². The Bertz CT molecular complexity index is 1300. The first-order valence-corrected chi connectivity index (χ1v) is 11.0. The number of nitrogens with zero attached hydrogens (tertiary/aromatic N) is 2. The summed E-state index contributed by atoms with van der Waals surface area (Å²) in [5.41, 5.74) is 2.17. The molecule has 0 spiro atoms. The number of nitrogens with one attached hydrogen (secondary N) is 2. The summed E-state index contributed by atoms with van der Waals surface area (Å²) in [6.45, 7) is -3.04. The van der Waals surface area contributed by atoms with Gasteiger partial charge in [0.05, 0.1) is 23.1 Å². The van der Waals surface area contributed by atoms with Gasteiger partial charge in [0.25, 0.3) is 15.7 Å². The monoisotopic (exact) mass is 492 g/mol. The Morgan fingerprint density at radius 3 is 2.44 bits per heavy atom. The van der Waals surface area contributed by atoms with E-state index in [1.54, 1.807) is 18.2 Å². The molecule has 0 fully saturated rings. The van der Waals surface area contributed by atoms with E-state index < -0.39 is 27.2 Å². The van der Waals surface area contributed by atoms with Gasteiger partial charge < -0.3 is 9.47 Å². The van der Waals surface area contributed by atoms with Crippen LogP contribution in [0.5, 0.6) is 11.5 Å². The summed E-state index contributed by atoms with van der Waals surface area (Å²) in [5, 5.41) is 15.3. The molecular formula is C21H18F2N4O6S. The average Bonchev–Trinajstić information content (AvgIpc) is 2.80. The topological polar surface area (TPSA) is 132 Å². The summed E-state index contributed by atoms with van der Waals surface area (Å²) in [5.74, 6) is 0.390. The number of nitro groups is 1. The van der Waals surface area contributed by atoms with Crippen molar-refractivity contribution in [2.75, 3.05) is 17.3 Å². The summed E-state index contributed by atoms with van der Waals surface area (Å²) in [6, 6.07) is 15.1. The Balaban J connectivity index is 1.82. The lowest BCUT2D eigenvalue weighted by Gasteiger charge is -2.10. The smallest absolute Gasteiger partial charge is 0.387 e. The molecule has 0 unspecified atom stereocenters. The van der Waals surface area contributed by atoms with Gasteiger partial charge in [-0.1, -0.05) is 12.1 Å². The number of ether oxygens (including phenoxy) is 2. The molecule has 0 amide bonds. The minimum Gasteiger partial charge on any atom is -0.497 e. The standard InChI is InChI=1S/C21H18F2N4O6S/c1-32-16-8-6-15(7-9-16)26-34(30,31)17-10-11-18(19(12-17)27(28)29)25-24-13-14-4-2-3-5-20(14)33-21(22)23/h2-13,21,25-26H,1H3/b24-13+. The van der Waals surface area contributed by atoms with Gasteiger partial charge in [0.15, 0.2) is 0 Å². The molecule has 0 aliphatic rings. The molecule has 0 radical (unpaired) electrons. The zero-order chi connectivity index (χ0) is 24.7. The number of hydrogen-bond donors (Lipinski definition) is 2. The van der Waals surface area contributed by atoms with Gasteiger partial charge in [-0.2, -0.15) is 13.9 Å². The summed E-state index contributed by atoms with van der Waals surface area (Å²) >= 11 is 0. The third-order valence-corrected chi connectivity index (χ3v) is 5.72. The number of hydrazone groups is 1. The van der Waals surface area contributed by atoms with E-state index in [-0.39, 0.29) is 27.6 Å². The van der Waals surface area contributed by atoms with Crippen LogP contribution in [0.25, 0.3) is 0 Å². The Morgan fingerprint density at radius 2 is 1.79 bits per heavy atom. The average molecular weight is 492 g/mol. The molecule has 0 saturated heterocycles. The van der Waals surface area contributed by atoms with E-state index in [0.717, 1.165) is 18.3 Å². The summed E-state index contributed by atoms with van der Waals surface area (Å²) in [4.78, 5) is 10.4. The molecule has 0 aromatic heterocycles. The lowest BCUT2D eigenvalue weighted by atomic mass is 10.2. The minimum atomic E-state index is -4.14. The molecule has 178 valence electrons. The van der Waals surface area contributed by atoms with Gasteiger partial charge in [0.1, 0.15) is 17.2 Å². The highest BCUT2D eigenvalue weighted by molar-refractivity contribution is 7.92. The van der Waals surface area contributed by atoms with Crippen molar-refractivity contribution in [1.29, 1.82) is 0 Å². The maximum Gasteiger partial charge on any atom is 0.387 e. The second kappa shape index (κ2) is 10.6. The quantitative estimate of drug-likeness (QED) is 0.243. The van der Waals surface area contributed by atoms with Gasteiger partial charge in [-0.25, -0.2) is 8.42 Å². The van der Waals surface area contributed by atoms with Gasteiger partial charge in [-0.05, 0) is 48.5 Å². The summed E-state index contributed by atoms with van der Waals surface area (Å²) < 4.78 is 62.1. The second-order valence-corrected chi connectivity index (χ2v) is 8.24. The van der Waals surface area contributed by atoms with Crippen LogP contribution in [-0.2, 0) is 10.0 Å². The number of sulfonamides is 1. The van der Waals surface area contributed by atoms with Crippen LogP contribution in [0.4, 0.5) is 25.8 Å². The highest BCUT2D eigenvalue weighted by Gasteiger charge is 2.21. The fourth-order valence-electron chi connectivity index (χ4n) is 2.76. The first kappa shape index (κ1) is 24.4. The van der Waals surface area contributed by atoms with E-state index in [1.165, 1.54) is 43.5 Å². The van der Waals surface area contributed by atoms with Crippen LogP contribution in [-0.4, -0.2) is 33.3 Å². The van der Waals surface area contributed by atoms with Crippen molar-refractivity contribution in [2.24, 2.45) is 5.10 Å². The van der Waals surface area contributed by atoms with Gasteiger partial charge in [-0.3, -0.25) is 20.3 Å². The number of anilines is 2. The fourth-order valence-corrected chi connectivity index (χ4v) is 3.84. The molecule has 3 aromatic rings. The maximum atomic E-state index is 12.7. The number of para-hydroxylation sites is 1. The highest BCUT2D eigenvalue weighted by Crippen LogP contribution is 2.29. The van der Waals surface area contributed by atoms with Gasteiger partial charge in [0.2, 0.25) is 0 Å². The van der Waals surface area contributed by atoms with Crippen molar-refractivity contribution in [2.45, 2.75) is 11.5 Å². The van der Waals surface area contributed by atoms with E-state index in [0.29, 0.717) is 5.75 Å². The zero-order valence-corrected chi connectivity index (χ0v) is 18.3. The maximum absolute atomic E-state index is 12.7. The lowest BCUT2D eigenvalue weighted by Crippen LogP contribution is -2.13. The predicted molar refractivity (Wildman–Crippen MR) is 121 cm³/mol. The van der Waals surface area contributed by atoms with Crippen molar-refractivity contribution >= 4 is 33.3 Å². The second-order valence-electron chi connectivity index (χ2n) is 6.56. The van der Waals surface area contributed by atoms with Crippen LogP contribution in [0, 0.1) is 10.1 Å². The van der Waals surface area contributed by atoms with Crippen molar-refractivity contribution < 1.29 is 31.6 Å². The van der Waals surface area contributed by atoms with E-state index in [1.807, 2.05) is 0 Å².